The van der Waals surface area contributed by atoms with E-state index in [-0.39, 0.29) is 5.41 Å². The van der Waals surface area contributed by atoms with Crippen molar-refractivity contribution in [2.75, 3.05) is 0 Å². The third kappa shape index (κ3) is 2.09. The zero-order valence-electron chi connectivity index (χ0n) is 11.0. The van der Waals surface area contributed by atoms with Crippen molar-refractivity contribution >= 4 is 0 Å². The van der Waals surface area contributed by atoms with Crippen LogP contribution in [0.4, 0.5) is 0 Å². The summed E-state index contributed by atoms with van der Waals surface area (Å²) in [5.41, 5.74) is 2.93. The molecule has 2 rings (SSSR count). The van der Waals surface area contributed by atoms with Crippen molar-refractivity contribution in [1.82, 2.24) is 0 Å². The zero-order chi connectivity index (χ0) is 11.9. The molecule has 1 aliphatic heterocycles. The summed E-state index contributed by atoms with van der Waals surface area (Å²) in [5, 5.41) is 0. The van der Waals surface area contributed by atoms with Crippen LogP contribution in [0.1, 0.15) is 45.7 Å². The molecule has 88 valence electrons. The summed E-state index contributed by atoms with van der Waals surface area (Å²) in [6.07, 6.45) is 1.43. The van der Waals surface area contributed by atoms with Gasteiger partial charge in [0.25, 0.3) is 0 Å². The van der Waals surface area contributed by atoms with Crippen molar-refractivity contribution in [3.63, 3.8) is 0 Å². The summed E-state index contributed by atoms with van der Waals surface area (Å²) >= 11 is 0. The van der Waals surface area contributed by atoms with Gasteiger partial charge in [0.2, 0.25) is 0 Å². The minimum atomic E-state index is 0.203. The van der Waals surface area contributed by atoms with Crippen LogP contribution in [0, 0.1) is 5.92 Å². The fourth-order valence-electron chi connectivity index (χ4n) is 2.09. The molecule has 1 aromatic carbocycles. The Morgan fingerprint density at radius 2 is 1.94 bits per heavy atom. The Kier molecular flexibility index (Phi) is 2.73. The van der Waals surface area contributed by atoms with Crippen LogP contribution in [0.3, 0.4) is 0 Å². The molecule has 1 aliphatic rings. The molecule has 0 fully saturated rings. The topological polar surface area (TPSA) is 9.23 Å². The average molecular weight is 218 g/mol. The fraction of sp³-hybridized carbons (Fsp3) is 0.600. The highest BCUT2D eigenvalue weighted by molar-refractivity contribution is 5.43. The van der Waals surface area contributed by atoms with Crippen LogP contribution in [-0.4, -0.2) is 6.10 Å². The number of benzene rings is 1. The molecule has 0 aromatic heterocycles. The molecule has 0 amide bonds. The van der Waals surface area contributed by atoms with Crippen LogP contribution in [0.5, 0.6) is 5.75 Å². The lowest BCUT2D eigenvalue weighted by molar-refractivity contribution is 0.178. The van der Waals surface area contributed by atoms with Crippen molar-refractivity contribution in [2.45, 2.75) is 52.6 Å². The molecule has 0 radical (unpaired) electrons. The quantitative estimate of drug-likeness (QED) is 0.693. The second-order valence-electron chi connectivity index (χ2n) is 6.18. The first-order valence-corrected chi connectivity index (χ1v) is 6.18. The third-order valence-corrected chi connectivity index (χ3v) is 3.38. The summed E-state index contributed by atoms with van der Waals surface area (Å²) < 4.78 is 6.00. The van der Waals surface area contributed by atoms with Gasteiger partial charge in [-0.05, 0) is 28.5 Å². The number of fused-ring (bicyclic) bond motifs is 1. The molecule has 0 bridgehead atoms. The first-order valence-electron chi connectivity index (χ1n) is 6.18. The Hall–Kier alpha value is -0.980. The van der Waals surface area contributed by atoms with Gasteiger partial charge in [-0.15, -0.1) is 0 Å². The summed E-state index contributed by atoms with van der Waals surface area (Å²) in [6.45, 7) is 11.2. The second-order valence-corrected chi connectivity index (χ2v) is 6.18. The van der Waals surface area contributed by atoms with E-state index in [2.05, 4.69) is 52.8 Å². The normalized spacial score (nSPS) is 19.8. The van der Waals surface area contributed by atoms with E-state index in [4.69, 9.17) is 4.74 Å². The minimum absolute atomic E-state index is 0.203. The number of hydrogen-bond donors (Lipinski definition) is 0. The summed E-state index contributed by atoms with van der Waals surface area (Å²) in [7, 11) is 0. The first kappa shape index (κ1) is 11.5. The lowest BCUT2D eigenvalue weighted by Gasteiger charge is -2.20. The molecule has 1 atom stereocenters. The van der Waals surface area contributed by atoms with Gasteiger partial charge in [-0.1, -0.05) is 46.8 Å². The van der Waals surface area contributed by atoms with E-state index in [0.717, 1.165) is 12.2 Å². The molecule has 1 aromatic rings. The van der Waals surface area contributed by atoms with Crippen molar-refractivity contribution in [1.29, 1.82) is 0 Å². The van der Waals surface area contributed by atoms with Crippen LogP contribution in [-0.2, 0) is 11.8 Å². The van der Waals surface area contributed by atoms with E-state index >= 15 is 0 Å². The molecule has 1 unspecified atom stereocenters. The molecule has 0 aliphatic carbocycles. The van der Waals surface area contributed by atoms with Crippen molar-refractivity contribution in [3.8, 4) is 5.75 Å². The fourth-order valence-corrected chi connectivity index (χ4v) is 2.09. The summed E-state index contributed by atoms with van der Waals surface area (Å²) in [4.78, 5) is 0. The van der Waals surface area contributed by atoms with Crippen molar-refractivity contribution < 1.29 is 4.74 Å². The van der Waals surface area contributed by atoms with Gasteiger partial charge in [-0.25, -0.2) is 0 Å². The average Bonchev–Trinajstić information content (AvgIpc) is 2.58. The van der Waals surface area contributed by atoms with Crippen LogP contribution >= 0.6 is 0 Å². The number of ether oxygens (including phenoxy) is 1. The largest absolute Gasteiger partial charge is 0.490 e. The van der Waals surface area contributed by atoms with Gasteiger partial charge >= 0.3 is 0 Å². The van der Waals surface area contributed by atoms with Crippen molar-refractivity contribution in [2.24, 2.45) is 5.92 Å². The van der Waals surface area contributed by atoms with E-state index in [9.17, 15) is 0 Å². The highest BCUT2D eigenvalue weighted by Gasteiger charge is 2.26. The Morgan fingerprint density at radius 1 is 1.25 bits per heavy atom. The molecule has 1 nitrogen and oxygen atoms in total. The SMILES string of the molecule is CC(C)C1Cc2ccc(C(C)(C)C)cc2O1. The van der Waals surface area contributed by atoms with Gasteiger partial charge in [0.15, 0.2) is 0 Å². The second kappa shape index (κ2) is 3.80. The molecule has 1 heterocycles. The first-order chi connectivity index (χ1) is 7.38. The number of rotatable bonds is 1. The van der Waals surface area contributed by atoms with Gasteiger partial charge in [0.1, 0.15) is 11.9 Å². The lowest BCUT2D eigenvalue weighted by atomic mass is 9.86. The van der Waals surface area contributed by atoms with Gasteiger partial charge < -0.3 is 4.74 Å². The van der Waals surface area contributed by atoms with Gasteiger partial charge in [0, 0.05) is 6.42 Å². The molecule has 0 saturated heterocycles. The maximum Gasteiger partial charge on any atom is 0.123 e. The molecular weight excluding hydrogens is 196 g/mol. The highest BCUT2D eigenvalue weighted by atomic mass is 16.5. The maximum atomic E-state index is 6.00. The van der Waals surface area contributed by atoms with Crippen LogP contribution in [0.25, 0.3) is 0 Å². The monoisotopic (exact) mass is 218 g/mol. The molecule has 0 saturated carbocycles. The summed E-state index contributed by atoms with van der Waals surface area (Å²) in [5.74, 6) is 1.69. The third-order valence-electron chi connectivity index (χ3n) is 3.38. The predicted molar refractivity (Wildman–Crippen MR) is 68.1 cm³/mol. The van der Waals surface area contributed by atoms with E-state index < -0.39 is 0 Å². The Morgan fingerprint density at radius 3 is 2.50 bits per heavy atom. The zero-order valence-corrected chi connectivity index (χ0v) is 11.0. The molecular formula is C15H22O. The number of hydrogen-bond acceptors (Lipinski definition) is 1. The van der Waals surface area contributed by atoms with Crippen LogP contribution in [0.2, 0.25) is 0 Å². The Balaban J connectivity index is 2.28. The predicted octanol–water partition coefficient (Wildman–Crippen LogP) is 3.94. The van der Waals surface area contributed by atoms with Crippen LogP contribution in [0.15, 0.2) is 18.2 Å². The van der Waals surface area contributed by atoms with Crippen molar-refractivity contribution in [3.05, 3.63) is 29.3 Å². The van der Waals surface area contributed by atoms with Gasteiger partial charge in [-0.3, -0.25) is 0 Å². The highest BCUT2D eigenvalue weighted by Crippen LogP contribution is 2.35. The molecule has 16 heavy (non-hydrogen) atoms. The lowest BCUT2D eigenvalue weighted by Crippen LogP contribution is -2.19. The van der Waals surface area contributed by atoms with E-state index in [1.54, 1.807) is 0 Å². The van der Waals surface area contributed by atoms with Gasteiger partial charge in [-0.2, -0.15) is 0 Å². The van der Waals surface area contributed by atoms with E-state index in [1.165, 1.54) is 11.1 Å². The smallest absolute Gasteiger partial charge is 0.123 e. The molecule has 0 N–H and O–H groups in total. The minimum Gasteiger partial charge on any atom is -0.490 e. The summed E-state index contributed by atoms with van der Waals surface area (Å²) in [6, 6.07) is 6.70. The molecule has 1 heteroatoms. The van der Waals surface area contributed by atoms with Gasteiger partial charge in [0.05, 0.1) is 0 Å². The maximum absolute atomic E-state index is 6.00. The van der Waals surface area contributed by atoms with E-state index in [1.807, 2.05) is 0 Å². The Bertz CT molecular complexity index is 385. The van der Waals surface area contributed by atoms with Crippen LogP contribution < -0.4 is 4.74 Å². The Labute approximate surface area is 98.8 Å². The van der Waals surface area contributed by atoms with E-state index in [0.29, 0.717) is 12.0 Å². The standard InChI is InChI=1S/C15H22O/c1-10(2)13-8-11-6-7-12(15(3,4)5)9-14(11)16-13/h6-7,9-10,13H,8H2,1-5H3. The molecule has 0 spiro atoms.